The second-order valence-corrected chi connectivity index (χ2v) is 8.20. The molecule has 1 aliphatic heterocycles. The third-order valence-corrected chi connectivity index (χ3v) is 5.83. The third kappa shape index (κ3) is 3.99. The highest BCUT2D eigenvalue weighted by molar-refractivity contribution is 9.10. The molecule has 2 atom stereocenters. The number of halogens is 1. The van der Waals surface area contributed by atoms with Crippen LogP contribution in [0.25, 0.3) is 22.3 Å². The van der Waals surface area contributed by atoms with Crippen molar-refractivity contribution < 1.29 is 0 Å². The van der Waals surface area contributed by atoms with Crippen molar-refractivity contribution in [2.24, 2.45) is 0 Å². The van der Waals surface area contributed by atoms with E-state index in [4.69, 9.17) is 9.97 Å². The van der Waals surface area contributed by atoms with Crippen molar-refractivity contribution in [1.29, 1.82) is 0 Å². The number of rotatable bonds is 5. The Morgan fingerprint density at radius 2 is 2.00 bits per heavy atom. The van der Waals surface area contributed by atoms with Crippen LogP contribution >= 0.6 is 15.9 Å². The Balaban J connectivity index is 1.78. The summed E-state index contributed by atoms with van der Waals surface area (Å²) in [5.74, 6) is 1.69. The molecule has 0 spiro atoms. The highest BCUT2D eigenvalue weighted by Gasteiger charge is 2.24. The van der Waals surface area contributed by atoms with E-state index in [1.807, 2.05) is 12.1 Å². The van der Waals surface area contributed by atoms with E-state index >= 15 is 0 Å². The van der Waals surface area contributed by atoms with Crippen molar-refractivity contribution in [3.05, 3.63) is 52.5 Å². The summed E-state index contributed by atoms with van der Waals surface area (Å²) < 4.78 is 1.05. The maximum Gasteiger partial charge on any atom is 0.162 e. The van der Waals surface area contributed by atoms with E-state index in [1.165, 1.54) is 18.4 Å². The third-order valence-electron chi connectivity index (χ3n) is 5.30. The van der Waals surface area contributed by atoms with Crippen LogP contribution in [0.15, 0.2) is 46.9 Å². The van der Waals surface area contributed by atoms with Gasteiger partial charge >= 0.3 is 0 Å². The normalized spacial score (nSPS) is 18.0. The lowest BCUT2D eigenvalue weighted by Crippen LogP contribution is -2.40. The molecule has 1 fully saturated rings. The Morgan fingerprint density at radius 1 is 1.19 bits per heavy atom. The van der Waals surface area contributed by atoms with Crippen LogP contribution in [0, 0.1) is 6.92 Å². The smallest absolute Gasteiger partial charge is 0.162 e. The molecule has 3 aromatic rings. The summed E-state index contributed by atoms with van der Waals surface area (Å²) in [7, 11) is 0. The quantitative estimate of drug-likeness (QED) is 0.582. The topological polar surface area (TPSA) is 49.8 Å². The second kappa shape index (κ2) is 7.95. The fourth-order valence-corrected chi connectivity index (χ4v) is 4.06. The summed E-state index contributed by atoms with van der Waals surface area (Å²) in [5.41, 5.74) is 3.22. The Kier molecular flexibility index (Phi) is 5.41. The molecule has 27 heavy (non-hydrogen) atoms. The number of hydrogen-bond donors (Lipinski definition) is 2. The Morgan fingerprint density at radius 3 is 2.70 bits per heavy atom. The predicted octanol–water partition coefficient (Wildman–Crippen LogP) is 5.31. The van der Waals surface area contributed by atoms with Crippen molar-refractivity contribution in [3.63, 3.8) is 0 Å². The molecule has 5 heteroatoms. The predicted molar refractivity (Wildman–Crippen MR) is 116 cm³/mol. The monoisotopic (exact) mass is 424 g/mol. The van der Waals surface area contributed by atoms with Crippen LogP contribution in [0.4, 0.5) is 5.82 Å². The van der Waals surface area contributed by atoms with E-state index in [-0.39, 0.29) is 0 Å². The van der Waals surface area contributed by atoms with E-state index in [1.54, 1.807) is 0 Å². The molecule has 2 aromatic carbocycles. The number of nitrogens with zero attached hydrogens (tertiary/aromatic N) is 2. The Labute approximate surface area is 168 Å². The zero-order chi connectivity index (χ0) is 18.8. The average Bonchev–Trinajstić information content (AvgIpc) is 3.21. The maximum absolute atomic E-state index is 4.94. The number of aromatic nitrogens is 2. The molecule has 2 heterocycles. The van der Waals surface area contributed by atoms with Gasteiger partial charge in [0.15, 0.2) is 5.82 Å². The molecular weight excluding hydrogens is 400 g/mol. The van der Waals surface area contributed by atoms with E-state index in [0.29, 0.717) is 12.1 Å². The number of benzene rings is 2. The SMILES string of the molecule is CCC(Nc1nc(-c2ccc(Br)cc2)nc2ccc(C)cc12)C1CCCN1. The van der Waals surface area contributed by atoms with Gasteiger partial charge in [-0.2, -0.15) is 0 Å². The fraction of sp³-hybridized carbons (Fsp3) is 0.364. The van der Waals surface area contributed by atoms with Crippen LogP contribution in [-0.4, -0.2) is 28.6 Å². The number of anilines is 1. The highest BCUT2D eigenvalue weighted by atomic mass is 79.9. The molecule has 0 radical (unpaired) electrons. The molecule has 1 aromatic heterocycles. The molecule has 1 aliphatic rings. The first-order chi connectivity index (χ1) is 13.1. The molecule has 2 N–H and O–H groups in total. The summed E-state index contributed by atoms with van der Waals surface area (Å²) in [5, 5.41) is 8.46. The van der Waals surface area contributed by atoms with Crippen LogP contribution < -0.4 is 10.6 Å². The number of aryl methyl sites for hydroxylation is 1. The summed E-state index contributed by atoms with van der Waals surface area (Å²) >= 11 is 3.50. The zero-order valence-electron chi connectivity index (χ0n) is 15.8. The van der Waals surface area contributed by atoms with E-state index in [9.17, 15) is 0 Å². The zero-order valence-corrected chi connectivity index (χ0v) is 17.4. The van der Waals surface area contributed by atoms with E-state index in [2.05, 4.69) is 70.7 Å². The largest absolute Gasteiger partial charge is 0.365 e. The van der Waals surface area contributed by atoms with Gasteiger partial charge in [-0.25, -0.2) is 9.97 Å². The molecule has 140 valence electrons. The van der Waals surface area contributed by atoms with Gasteiger partial charge in [0.05, 0.1) is 5.52 Å². The Bertz CT molecular complexity index is 933. The summed E-state index contributed by atoms with van der Waals surface area (Å²) in [6, 6.07) is 15.4. The van der Waals surface area contributed by atoms with Crippen LogP contribution in [0.1, 0.15) is 31.7 Å². The number of fused-ring (bicyclic) bond motifs is 1. The van der Waals surface area contributed by atoms with Crippen LogP contribution in [0.2, 0.25) is 0 Å². The van der Waals surface area contributed by atoms with Crippen LogP contribution in [0.3, 0.4) is 0 Å². The molecule has 0 aliphatic carbocycles. The van der Waals surface area contributed by atoms with Gasteiger partial charge in [-0.1, -0.05) is 46.6 Å². The summed E-state index contributed by atoms with van der Waals surface area (Å²) in [6.07, 6.45) is 3.52. The first-order valence-electron chi connectivity index (χ1n) is 9.68. The number of hydrogen-bond acceptors (Lipinski definition) is 4. The first kappa shape index (κ1) is 18.4. The molecular formula is C22H25BrN4. The molecule has 2 unspecified atom stereocenters. The lowest BCUT2D eigenvalue weighted by atomic mass is 10.0. The standard InChI is InChI=1S/C22H25BrN4/c1-3-18(20-5-4-12-24-20)25-22-17-13-14(2)6-11-19(17)26-21(27-22)15-7-9-16(23)10-8-15/h6-11,13,18,20,24H,3-5,12H2,1-2H3,(H,25,26,27). The van der Waals surface area contributed by atoms with Gasteiger partial charge in [-0.05, 0) is 57.0 Å². The van der Waals surface area contributed by atoms with Gasteiger partial charge in [0, 0.05) is 27.5 Å². The second-order valence-electron chi connectivity index (χ2n) is 7.29. The lowest BCUT2D eigenvalue weighted by molar-refractivity contribution is 0.498. The fourth-order valence-electron chi connectivity index (χ4n) is 3.80. The minimum absolute atomic E-state index is 0.365. The van der Waals surface area contributed by atoms with Gasteiger partial charge in [0.2, 0.25) is 0 Å². The van der Waals surface area contributed by atoms with Gasteiger partial charge in [0.25, 0.3) is 0 Å². The average molecular weight is 425 g/mol. The first-order valence-corrected chi connectivity index (χ1v) is 10.5. The minimum Gasteiger partial charge on any atom is -0.365 e. The van der Waals surface area contributed by atoms with Gasteiger partial charge in [-0.15, -0.1) is 0 Å². The summed E-state index contributed by atoms with van der Waals surface area (Å²) in [4.78, 5) is 9.76. The van der Waals surface area contributed by atoms with Crippen molar-refractivity contribution >= 4 is 32.7 Å². The maximum atomic E-state index is 4.94. The minimum atomic E-state index is 0.365. The van der Waals surface area contributed by atoms with Crippen LogP contribution in [0.5, 0.6) is 0 Å². The lowest BCUT2D eigenvalue weighted by Gasteiger charge is -2.25. The van der Waals surface area contributed by atoms with Gasteiger partial charge < -0.3 is 10.6 Å². The molecule has 1 saturated heterocycles. The number of nitrogens with one attached hydrogen (secondary N) is 2. The van der Waals surface area contributed by atoms with Crippen LogP contribution in [-0.2, 0) is 0 Å². The van der Waals surface area contributed by atoms with Gasteiger partial charge in [-0.3, -0.25) is 0 Å². The van der Waals surface area contributed by atoms with Crippen molar-refractivity contribution in [2.75, 3.05) is 11.9 Å². The molecule has 4 rings (SSSR count). The van der Waals surface area contributed by atoms with Gasteiger partial charge in [0.1, 0.15) is 5.82 Å². The Hall–Kier alpha value is -1.98. The summed E-state index contributed by atoms with van der Waals surface area (Å²) in [6.45, 7) is 5.46. The van der Waals surface area contributed by atoms with Crippen molar-refractivity contribution in [3.8, 4) is 11.4 Å². The molecule has 0 amide bonds. The van der Waals surface area contributed by atoms with E-state index < -0.39 is 0 Å². The molecule has 4 nitrogen and oxygen atoms in total. The molecule has 0 bridgehead atoms. The van der Waals surface area contributed by atoms with Crippen molar-refractivity contribution in [1.82, 2.24) is 15.3 Å². The highest BCUT2D eigenvalue weighted by Crippen LogP contribution is 2.28. The van der Waals surface area contributed by atoms with E-state index in [0.717, 1.165) is 45.5 Å². The van der Waals surface area contributed by atoms with Crippen molar-refractivity contribution in [2.45, 2.75) is 45.2 Å². The molecule has 0 saturated carbocycles.